The maximum absolute atomic E-state index is 13.4. The Labute approximate surface area is 221 Å². The maximum Gasteiger partial charge on any atom is 0.300 e. The number of halogens is 1. The lowest BCUT2D eigenvalue weighted by molar-refractivity contribution is -0.132. The van der Waals surface area contributed by atoms with Gasteiger partial charge in [-0.2, -0.15) is 0 Å². The molecule has 0 radical (unpaired) electrons. The van der Waals surface area contributed by atoms with Gasteiger partial charge in [-0.1, -0.05) is 93.0 Å². The van der Waals surface area contributed by atoms with E-state index in [1.165, 1.54) is 4.90 Å². The molecule has 1 saturated heterocycles. The van der Waals surface area contributed by atoms with Crippen molar-refractivity contribution in [1.29, 1.82) is 0 Å². The van der Waals surface area contributed by atoms with Gasteiger partial charge >= 0.3 is 0 Å². The van der Waals surface area contributed by atoms with E-state index in [1.54, 1.807) is 6.07 Å². The molecule has 1 amide bonds. The predicted molar refractivity (Wildman–Crippen MR) is 149 cm³/mol. The molecule has 0 bridgehead atoms. The Balaban J connectivity index is 1.91. The molecular formula is C31H32BrNO3. The molecule has 0 aliphatic carbocycles. The minimum Gasteiger partial charge on any atom is -0.507 e. The van der Waals surface area contributed by atoms with Crippen LogP contribution in [0.15, 0.2) is 76.8 Å². The number of aliphatic hydroxyl groups excluding tert-OH is 1. The number of rotatable bonds is 4. The lowest BCUT2D eigenvalue weighted by atomic mass is 9.85. The molecule has 0 aromatic heterocycles. The molecule has 36 heavy (non-hydrogen) atoms. The standard InChI is InChI=1S/C31H32BrNO3/c1-18(2)20-9-14-24(15-10-20)33-27(21-7-12-23(13-8-21)31(4,5)6)26(29(35)30(33)36)28(34)22-11-16-25(32)19(3)17-22/h7-18,27,34H,1-6H3/b28-26-. The molecule has 1 atom stereocenters. The maximum atomic E-state index is 13.4. The molecule has 1 N–H and O–H groups in total. The number of nitrogens with zero attached hydrogens (tertiary/aromatic N) is 1. The molecule has 1 fully saturated rings. The van der Waals surface area contributed by atoms with E-state index in [9.17, 15) is 14.7 Å². The van der Waals surface area contributed by atoms with Crippen LogP contribution in [0.1, 0.15) is 74.4 Å². The summed E-state index contributed by atoms with van der Waals surface area (Å²) in [6.07, 6.45) is 0. The van der Waals surface area contributed by atoms with Crippen LogP contribution < -0.4 is 4.90 Å². The molecule has 1 unspecified atom stereocenters. The number of amides is 1. The van der Waals surface area contributed by atoms with E-state index < -0.39 is 17.7 Å². The van der Waals surface area contributed by atoms with Crippen LogP contribution in [0.5, 0.6) is 0 Å². The highest BCUT2D eigenvalue weighted by atomic mass is 79.9. The summed E-state index contributed by atoms with van der Waals surface area (Å²) in [4.78, 5) is 28.4. The van der Waals surface area contributed by atoms with Crippen LogP contribution in [0, 0.1) is 6.92 Å². The number of Topliss-reactive ketones (excluding diaryl/α,β-unsaturated/α-hetero) is 1. The summed E-state index contributed by atoms with van der Waals surface area (Å²) in [6.45, 7) is 12.6. The lowest BCUT2D eigenvalue weighted by Crippen LogP contribution is -2.29. The van der Waals surface area contributed by atoms with Crippen molar-refractivity contribution in [3.8, 4) is 0 Å². The normalized spacial score (nSPS) is 17.8. The Kier molecular flexibility index (Phi) is 6.98. The second-order valence-electron chi connectivity index (χ2n) is 10.8. The van der Waals surface area contributed by atoms with Gasteiger partial charge in [-0.25, -0.2) is 0 Å². The highest BCUT2D eigenvalue weighted by Gasteiger charge is 2.47. The van der Waals surface area contributed by atoms with Gasteiger partial charge in [-0.15, -0.1) is 0 Å². The zero-order valence-corrected chi connectivity index (χ0v) is 23.2. The zero-order chi connectivity index (χ0) is 26.4. The van der Waals surface area contributed by atoms with Gasteiger partial charge in [0, 0.05) is 15.7 Å². The number of anilines is 1. The molecule has 0 spiro atoms. The van der Waals surface area contributed by atoms with Crippen molar-refractivity contribution in [2.45, 2.75) is 58.9 Å². The molecule has 186 valence electrons. The number of carbonyl (C=O) groups is 2. The fourth-order valence-corrected chi connectivity index (χ4v) is 4.79. The Bertz CT molecular complexity index is 1350. The van der Waals surface area contributed by atoms with Crippen LogP contribution in [0.3, 0.4) is 0 Å². The Morgan fingerprint density at radius 2 is 1.56 bits per heavy atom. The molecule has 5 heteroatoms. The summed E-state index contributed by atoms with van der Waals surface area (Å²) in [5.74, 6) is -1.16. The van der Waals surface area contributed by atoms with Gasteiger partial charge in [-0.05, 0) is 64.8 Å². The SMILES string of the molecule is Cc1cc(/C(O)=C2/C(=O)C(=O)N(c3ccc(C(C)C)cc3)C2c2ccc(C(C)(C)C)cc2)ccc1Br. The number of carbonyl (C=O) groups excluding carboxylic acids is 2. The van der Waals surface area contributed by atoms with Gasteiger partial charge in [0.25, 0.3) is 11.7 Å². The van der Waals surface area contributed by atoms with E-state index in [0.29, 0.717) is 17.2 Å². The van der Waals surface area contributed by atoms with E-state index >= 15 is 0 Å². The summed E-state index contributed by atoms with van der Waals surface area (Å²) < 4.78 is 0.902. The second kappa shape index (κ2) is 9.70. The van der Waals surface area contributed by atoms with E-state index in [0.717, 1.165) is 26.7 Å². The quantitative estimate of drug-likeness (QED) is 0.206. The number of aryl methyl sites for hydroxylation is 1. The van der Waals surface area contributed by atoms with Gasteiger partial charge in [0.05, 0.1) is 11.6 Å². The molecular weight excluding hydrogens is 514 g/mol. The number of hydrogen-bond donors (Lipinski definition) is 1. The minimum atomic E-state index is -0.743. The van der Waals surface area contributed by atoms with E-state index in [2.05, 4.69) is 50.5 Å². The molecule has 3 aromatic rings. The fraction of sp³-hybridized carbons (Fsp3) is 0.290. The highest BCUT2D eigenvalue weighted by Crippen LogP contribution is 2.43. The summed E-state index contributed by atoms with van der Waals surface area (Å²) in [6, 6.07) is 20.3. The summed E-state index contributed by atoms with van der Waals surface area (Å²) in [5.41, 5.74) is 5.16. The van der Waals surface area contributed by atoms with E-state index in [1.807, 2.05) is 67.6 Å². The van der Waals surface area contributed by atoms with Crippen LogP contribution in [0.25, 0.3) is 5.76 Å². The molecule has 1 aliphatic heterocycles. The van der Waals surface area contributed by atoms with Crippen molar-refractivity contribution in [2.75, 3.05) is 4.90 Å². The average Bonchev–Trinajstić information content (AvgIpc) is 3.10. The van der Waals surface area contributed by atoms with Crippen LogP contribution in [-0.2, 0) is 15.0 Å². The molecule has 1 aliphatic rings. The summed E-state index contributed by atoms with van der Waals surface area (Å²) in [7, 11) is 0. The molecule has 3 aromatic carbocycles. The Morgan fingerprint density at radius 1 is 0.944 bits per heavy atom. The van der Waals surface area contributed by atoms with Crippen LogP contribution in [-0.4, -0.2) is 16.8 Å². The fourth-order valence-electron chi connectivity index (χ4n) is 4.55. The third kappa shape index (κ3) is 4.77. The molecule has 4 nitrogen and oxygen atoms in total. The van der Waals surface area contributed by atoms with Crippen molar-refractivity contribution in [2.24, 2.45) is 0 Å². The highest BCUT2D eigenvalue weighted by molar-refractivity contribution is 9.10. The van der Waals surface area contributed by atoms with Crippen molar-refractivity contribution < 1.29 is 14.7 Å². The predicted octanol–water partition coefficient (Wildman–Crippen LogP) is 7.80. The first kappa shape index (κ1) is 25.9. The number of hydrogen-bond acceptors (Lipinski definition) is 3. The van der Waals surface area contributed by atoms with Crippen LogP contribution in [0.2, 0.25) is 0 Å². The minimum absolute atomic E-state index is 0.0397. The third-order valence-corrected chi connectivity index (χ3v) is 7.70. The number of ketones is 1. The van der Waals surface area contributed by atoms with Gasteiger partial charge < -0.3 is 5.11 Å². The summed E-state index contributed by atoms with van der Waals surface area (Å²) >= 11 is 3.48. The van der Waals surface area contributed by atoms with Crippen LogP contribution in [0.4, 0.5) is 5.69 Å². The third-order valence-electron chi connectivity index (χ3n) is 6.81. The largest absolute Gasteiger partial charge is 0.507 e. The van der Waals surface area contributed by atoms with Gasteiger partial charge in [0.1, 0.15) is 5.76 Å². The first-order valence-electron chi connectivity index (χ1n) is 12.2. The Morgan fingerprint density at radius 3 is 2.08 bits per heavy atom. The van der Waals surface area contributed by atoms with Gasteiger partial charge in [0.2, 0.25) is 0 Å². The van der Waals surface area contributed by atoms with E-state index in [-0.39, 0.29) is 16.7 Å². The molecule has 0 saturated carbocycles. The number of aliphatic hydroxyl groups is 1. The van der Waals surface area contributed by atoms with E-state index in [4.69, 9.17) is 0 Å². The van der Waals surface area contributed by atoms with Gasteiger partial charge in [-0.3, -0.25) is 14.5 Å². The smallest absolute Gasteiger partial charge is 0.300 e. The molecule has 4 rings (SSSR count). The molecule has 1 heterocycles. The monoisotopic (exact) mass is 545 g/mol. The van der Waals surface area contributed by atoms with Crippen LogP contribution >= 0.6 is 15.9 Å². The second-order valence-corrected chi connectivity index (χ2v) is 11.6. The summed E-state index contributed by atoms with van der Waals surface area (Å²) in [5, 5.41) is 11.4. The first-order valence-corrected chi connectivity index (χ1v) is 13.0. The number of benzene rings is 3. The van der Waals surface area contributed by atoms with Crippen molar-refractivity contribution in [1.82, 2.24) is 0 Å². The lowest BCUT2D eigenvalue weighted by Gasteiger charge is -2.27. The van der Waals surface area contributed by atoms with Crippen molar-refractivity contribution in [3.05, 3.63) is 105 Å². The first-order chi connectivity index (χ1) is 16.9. The topological polar surface area (TPSA) is 57.6 Å². The van der Waals surface area contributed by atoms with Gasteiger partial charge in [0.15, 0.2) is 0 Å². The van der Waals surface area contributed by atoms with Crippen molar-refractivity contribution >= 4 is 39.1 Å². The Hall–Kier alpha value is -3.18. The average molecular weight is 547 g/mol. The van der Waals surface area contributed by atoms with Crippen molar-refractivity contribution in [3.63, 3.8) is 0 Å². The zero-order valence-electron chi connectivity index (χ0n) is 21.6.